The standard InChI is InChI=1S/C7H11NO/c9-7-4-6(8-7)5-2-1-3-5/h5-6H,1-4H2,(H,8,9). The van der Waals surface area contributed by atoms with Crippen LogP contribution in [0.2, 0.25) is 0 Å². The molecule has 0 aromatic heterocycles. The van der Waals surface area contributed by atoms with Crippen molar-refractivity contribution in [2.24, 2.45) is 5.92 Å². The molecule has 1 amide bonds. The van der Waals surface area contributed by atoms with Crippen molar-refractivity contribution in [2.75, 3.05) is 0 Å². The summed E-state index contributed by atoms with van der Waals surface area (Å²) in [6.45, 7) is 0. The van der Waals surface area contributed by atoms with Crippen LogP contribution >= 0.6 is 0 Å². The third-order valence-corrected chi connectivity index (χ3v) is 2.47. The van der Waals surface area contributed by atoms with Crippen molar-refractivity contribution in [1.29, 1.82) is 0 Å². The molecule has 2 aliphatic rings. The van der Waals surface area contributed by atoms with Crippen LogP contribution in [-0.2, 0) is 4.79 Å². The summed E-state index contributed by atoms with van der Waals surface area (Å²) < 4.78 is 0. The molecule has 0 aromatic rings. The first-order chi connectivity index (χ1) is 4.36. The average molecular weight is 125 g/mol. The average Bonchev–Trinajstić information content (AvgIpc) is 1.57. The number of nitrogens with one attached hydrogen (secondary N) is 1. The lowest BCUT2D eigenvalue weighted by Crippen LogP contribution is -2.54. The van der Waals surface area contributed by atoms with Gasteiger partial charge in [-0.05, 0) is 18.8 Å². The quantitative estimate of drug-likeness (QED) is 0.513. The maximum absolute atomic E-state index is 10.4. The molecule has 1 aliphatic carbocycles. The SMILES string of the molecule is O=C1CC(C2CCC2)N1. The monoisotopic (exact) mass is 125 g/mol. The molecule has 9 heavy (non-hydrogen) atoms. The zero-order valence-corrected chi connectivity index (χ0v) is 5.39. The summed E-state index contributed by atoms with van der Waals surface area (Å²) in [6.07, 6.45) is 4.84. The Morgan fingerprint density at radius 1 is 1.44 bits per heavy atom. The molecule has 1 heterocycles. The van der Waals surface area contributed by atoms with Crippen molar-refractivity contribution in [3.63, 3.8) is 0 Å². The Kier molecular flexibility index (Phi) is 1.01. The van der Waals surface area contributed by atoms with E-state index in [1.807, 2.05) is 0 Å². The lowest BCUT2D eigenvalue weighted by Gasteiger charge is -2.39. The summed E-state index contributed by atoms with van der Waals surface area (Å²) in [6, 6.07) is 0.561. The smallest absolute Gasteiger partial charge is 0.222 e. The van der Waals surface area contributed by atoms with E-state index in [4.69, 9.17) is 0 Å². The molecule has 1 unspecified atom stereocenters. The third-order valence-electron chi connectivity index (χ3n) is 2.47. The van der Waals surface area contributed by atoms with Crippen molar-refractivity contribution in [3.05, 3.63) is 0 Å². The Bertz CT molecular complexity index is 132. The number of β-lactam (4-membered cyclic amide) rings is 1. The van der Waals surface area contributed by atoms with E-state index in [0.717, 1.165) is 12.3 Å². The molecule has 1 saturated carbocycles. The molecule has 2 fully saturated rings. The normalized spacial score (nSPS) is 34.7. The van der Waals surface area contributed by atoms with Gasteiger partial charge in [0.1, 0.15) is 0 Å². The van der Waals surface area contributed by atoms with Crippen molar-refractivity contribution in [2.45, 2.75) is 31.7 Å². The Balaban J connectivity index is 1.81. The Labute approximate surface area is 54.6 Å². The first-order valence-corrected chi connectivity index (χ1v) is 3.65. The second-order valence-electron chi connectivity index (χ2n) is 3.07. The van der Waals surface area contributed by atoms with E-state index < -0.39 is 0 Å². The highest BCUT2D eigenvalue weighted by atomic mass is 16.2. The fourth-order valence-electron chi connectivity index (χ4n) is 1.51. The molecule has 2 nitrogen and oxygen atoms in total. The topological polar surface area (TPSA) is 29.1 Å². The van der Waals surface area contributed by atoms with Crippen LogP contribution < -0.4 is 5.32 Å². The molecule has 1 N–H and O–H groups in total. The van der Waals surface area contributed by atoms with Crippen molar-refractivity contribution >= 4 is 5.91 Å². The Hall–Kier alpha value is -0.530. The van der Waals surface area contributed by atoms with Crippen LogP contribution in [0.15, 0.2) is 0 Å². The molecule has 0 spiro atoms. The molecule has 1 saturated heterocycles. The molecule has 0 radical (unpaired) electrons. The van der Waals surface area contributed by atoms with Gasteiger partial charge in [-0.3, -0.25) is 4.79 Å². The van der Waals surface area contributed by atoms with Gasteiger partial charge < -0.3 is 5.32 Å². The zero-order chi connectivity index (χ0) is 6.27. The van der Waals surface area contributed by atoms with Crippen molar-refractivity contribution in [3.8, 4) is 0 Å². The Morgan fingerprint density at radius 3 is 2.44 bits per heavy atom. The molecule has 0 aromatic carbocycles. The summed E-state index contributed by atoms with van der Waals surface area (Å²) in [5.74, 6) is 1.08. The molecule has 2 rings (SSSR count). The van der Waals surface area contributed by atoms with Gasteiger partial charge in [0.05, 0.1) is 0 Å². The largest absolute Gasteiger partial charge is 0.353 e. The maximum Gasteiger partial charge on any atom is 0.222 e. The number of carbonyl (C=O) groups excluding carboxylic acids is 1. The van der Waals surface area contributed by atoms with E-state index in [1.54, 1.807) is 0 Å². The highest BCUT2D eigenvalue weighted by Crippen LogP contribution is 2.33. The molecule has 1 aliphatic heterocycles. The molecule has 0 bridgehead atoms. The molecule has 1 atom stereocenters. The highest BCUT2D eigenvalue weighted by Gasteiger charge is 2.35. The van der Waals surface area contributed by atoms with Gasteiger partial charge in [-0.15, -0.1) is 0 Å². The minimum absolute atomic E-state index is 0.242. The van der Waals surface area contributed by atoms with Gasteiger partial charge in [-0.1, -0.05) is 6.42 Å². The number of hydrogen-bond acceptors (Lipinski definition) is 1. The number of rotatable bonds is 1. The second kappa shape index (κ2) is 1.72. The molecular formula is C7H11NO. The van der Waals surface area contributed by atoms with Gasteiger partial charge in [-0.2, -0.15) is 0 Å². The third kappa shape index (κ3) is 0.732. The number of carbonyl (C=O) groups is 1. The molecule has 50 valence electrons. The van der Waals surface area contributed by atoms with E-state index in [9.17, 15) is 4.79 Å². The van der Waals surface area contributed by atoms with Crippen LogP contribution in [0.1, 0.15) is 25.7 Å². The summed E-state index contributed by atoms with van der Waals surface area (Å²) in [5.41, 5.74) is 0. The maximum atomic E-state index is 10.4. The van der Waals surface area contributed by atoms with Gasteiger partial charge in [-0.25, -0.2) is 0 Å². The van der Waals surface area contributed by atoms with Gasteiger partial charge in [0.15, 0.2) is 0 Å². The zero-order valence-electron chi connectivity index (χ0n) is 5.39. The second-order valence-corrected chi connectivity index (χ2v) is 3.07. The number of hydrogen-bond donors (Lipinski definition) is 1. The van der Waals surface area contributed by atoms with Crippen LogP contribution in [0, 0.1) is 5.92 Å². The fourth-order valence-corrected chi connectivity index (χ4v) is 1.51. The molecular weight excluding hydrogens is 114 g/mol. The first-order valence-electron chi connectivity index (χ1n) is 3.65. The van der Waals surface area contributed by atoms with Gasteiger partial charge in [0.2, 0.25) is 5.91 Å². The lowest BCUT2D eigenvalue weighted by atomic mass is 9.76. The fraction of sp³-hybridized carbons (Fsp3) is 0.857. The van der Waals surface area contributed by atoms with E-state index in [0.29, 0.717) is 6.04 Å². The van der Waals surface area contributed by atoms with E-state index in [2.05, 4.69) is 5.32 Å². The van der Waals surface area contributed by atoms with Crippen LogP contribution in [0.5, 0.6) is 0 Å². The van der Waals surface area contributed by atoms with Crippen LogP contribution in [0.25, 0.3) is 0 Å². The van der Waals surface area contributed by atoms with Crippen LogP contribution in [0.4, 0.5) is 0 Å². The first kappa shape index (κ1) is 5.27. The summed E-state index contributed by atoms with van der Waals surface area (Å²) in [4.78, 5) is 10.4. The number of amides is 1. The van der Waals surface area contributed by atoms with Crippen LogP contribution in [0.3, 0.4) is 0 Å². The van der Waals surface area contributed by atoms with Gasteiger partial charge >= 0.3 is 0 Å². The van der Waals surface area contributed by atoms with Crippen molar-refractivity contribution in [1.82, 2.24) is 5.32 Å². The van der Waals surface area contributed by atoms with Crippen molar-refractivity contribution < 1.29 is 4.79 Å². The summed E-state index contributed by atoms with van der Waals surface area (Å²) in [7, 11) is 0. The minimum Gasteiger partial charge on any atom is -0.353 e. The highest BCUT2D eigenvalue weighted by molar-refractivity contribution is 5.82. The van der Waals surface area contributed by atoms with E-state index >= 15 is 0 Å². The summed E-state index contributed by atoms with van der Waals surface area (Å²) in [5, 5.41) is 2.91. The van der Waals surface area contributed by atoms with E-state index in [1.165, 1.54) is 19.3 Å². The van der Waals surface area contributed by atoms with Gasteiger partial charge in [0.25, 0.3) is 0 Å². The van der Waals surface area contributed by atoms with Gasteiger partial charge in [0, 0.05) is 12.5 Å². The predicted molar refractivity (Wildman–Crippen MR) is 33.9 cm³/mol. The van der Waals surface area contributed by atoms with Crippen LogP contribution in [-0.4, -0.2) is 11.9 Å². The lowest BCUT2D eigenvalue weighted by molar-refractivity contribution is -0.130. The molecule has 2 heteroatoms. The summed E-state index contributed by atoms with van der Waals surface area (Å²) >= 11 is 0. The Morgan fingerprint density at radius 2 is 2.11 bits per heavy atom. The minimum atomic E-state index is 0.242. The van der Waals surface area contributed by atoms with E-state index in [-0.39, 0.29) is 5.91 Å². The predicted octanol–water partition coefficient (Wildman–Crippen LogP) is 0.675.